The summed E-state index contributed by atoms with van der Waals surface area (Å²) in [7, 11) is 0. The van der Waals surface area contributed by atoms with E-state index >= 15 is 0 Å². The fourth-order valence-electron chi connectivity index (χ4n) is 2.75. The molecule has 2 aromatic rings. The first-order valence-electron chi connectivity index (χ1n) is 8.54. The predicted molar refractivity (Wildman–Crippen MR) is 102 cm³/mol. The van der Waals surface area contributed by atoms with E-state index in [1.807, 2.05) is 60.6 Å². The number of nitrogens with zero attached hydrogens (tertiary/aromatic N) is 2. The molecule has 1 saturated heterocycles. The second-order valence-electron chi connectivity index (χ2n) is 6.01. The molecule has 3 rings (SSSR count). The Bertz CT molecular complexity index is 642. The monoisotopic (exact) mass is 340 g/mol. The maximum absolute atomic E-state index is 5.67. The molecule has 126 valence electrons. The summed E-state index contributed by atoms with van der Waals surface area (Å²) in [6.45, 7) is 5.01. The summed E-state index contributed by atoms with van der Waals surface area (Å²) in [5, 5.41) is 0. The lowest BCUT2D eigenvalue weighted by atomic mass is 10.1. The summed E-state index contributed by atoms with van der Waals surface area (Å²) in [5.74, 6) is 1.72. The van der Waals surface area contributed by atoms with Crippen LogP contribution in [0.5, 0.6) is 5.75 Å². The molecule has 0 saturated carbocycles. The van der Waals surface area contributed by atoms with Gasteiger partial charge in [0.1, 0.15) is 5.75 Å². The van der Waals surface area contributed by atoms with Crippen molar-refractivity contribution in [2.75, 3.05) is 19.8 Å². The molecular weight excluding hydrogens is 316 g/mol. The first-order valence-corrected chi connectivity index (χ1v) is 9.31. The predicted octanol–water partition coefficient (Wildman–Crippen LogP) is 4.88. The zero-order chi connectivity index (χ0) is 16.6. The average Bonchev–Trinajstić information content (AvgIpc) is 3.09. The van der Waals surface area contributed by atoms with E-state index in [4.69, 9.17) is 4.74 Å². The Balaban J connectivity index is 1.44. The highest BCUT2D eigenvalue weighted by Gasteiger charge is 2.21. The zero-order valence-corrected chi connectivity index (χ0v) is 14.9. The van der Waals surface area contributed by atoms with E-state index in [0.717, 1.165) is 17.2 Å². The highest BCUT2D eigenvalue weighted by atomic mass is 32.2. The molecule has 24 heavy (non-hydrogen) atoms. The normalized spacial score (nSPS) is 18.3. The minimum Gasteiger partial charge on any atom is -0.471 e. The lowest BCUT2D eigenvalue weighted by Gasteiger charge is -2.14. The molecule has 0 spiro atoms. The SMILES string of the molecule is CCC1CCN(Sc2ccc(OCN=Cc3ccccc3)cc2)C1. The number of ether oxygens (including phenoxy) is 1. The Labute approximate surface area is 148 Å². The fourth-order valence-corrected chi connectivity index (χ4v) is 3.79. The third-order valence-corrected chi connectivity index (χ3v) is 5.30. The quantitative estimate of drug-likeness (QED) is 0.530. The molecule has 1 aliphatic heterocycles. The van der Waals surface area contributed by atoms with Crippen molar-refractivity contribution in [3.05, 3.63) is 60.2 Å². The van der Waals surface area contributed by atoms with E-state index in [1.54, 1.807) is 0 Å². The van der Waals surface area contributed by atoms with Gasteiger partial charge in [0.15, 0.2) is 6.73 Å². The van der Waals surface area contributed by atoms with Crippen molar-refractivity contribution < 1.29 is 4.74 Å². The van der Waals surface area contributed by atoms with Crippen LogP contribution in [-0.2, 0) is 0 Å². The Kier molecular flexibility index (Phi) is 6.33. The molecular formula is C20H24N2OS. The van der Waals surface area contributed by atoms with E-state index in [2.05, 4.69) is 28.4 Å². The third kappa shape index (κ3) is 5.11. The minimum absolute atomic E-state index is 0.339. The molecule has 1 unspecified atom stereocenters. The lowest BCUT2D eigenvalue weighted by Crippen LogP contribution is -2.11. The number of hydrogen-bond acceptors (Lipinski definition) is 4. The van der Waals surface area contributed by atoms with Crippen molar-refractivity contribution in [3.8, 4) is 5.75 Å². The maximum atomic E-state index is 5.67. The molecule has 0 amide bonds. The smallest absolute Gasteiger partial charge is 0.179 e. The minimum atomic E-state index is 0.339. The molecule has 1 atom stereocenters. The van der Waals surface area contributed by atoms with Crippen molar-refractivity contribution in [1.82, 2.24) is 4.31 Å². The Morgan fingerprint density at radius 2 is 1.96 bits per heavy atom. The summed E-state index contributed by atoms with van der Waals surface area (Å²) < 4.78 is 8.13. The molecule has 3 nitrogen and oxygen atoms in total. The van der Waals surface area contributed by atoms with Crippen LogP contribution in [0.2, 0.25) is 0 Å². The van der Waals surface area contributed by atoms with Crippen LogP contribution in [-0.4, -0.2) is 30.3 Å². The first kappa shape index (κ1) is 17.1. The van der Waals surface area contributed by atoms with Gasteiger partial charge in [-0.3, -0.25) is 4.99 Å². The van der Waals surface area contributed by atoms with E-state index in [0.29, 0.717) is 6.73 Å². The van der Waals surface area contributed by atoms with Crippen LogP contribution >= 0.6 is 11.9 Å². The van der Waals surface area contributed by atoms with Crippen molar-refractivity contribution in [2.24, 2.45) is 10.9 Å². The molecule has 0 N–H and O–H groups in total. The van der Waals surface area contributed by atoms with Crippen LogP contribution in [0.15, 0.2) is 64.5 Å². The molecule has 0 aromatic heterocycles. The summed E-state index contributed by atoms with van der Waals surface area (Å²) in [6.07, 6.45) is 4.44. The molecule has 1 heterocycles. The van der Waals surface area contributed by atoms with Gasteiger partial charge in [0, 0.05) is 24.2 Å². The number of benzene rings is 2. The van der Waals surface area contributed by atoms with Gasteiger partial charge in [0.25, 0.3) is 0 Å². The lowest BCUT2D eigenvalue weighted by molar-refractivity contribution is 0.332. The molecule has 1 fully saturated rings. The van der Waals surface area contributed by atoms with Gasteiger partial charge in [-0.15, -0.1) is 0 Å². The van der Waals surface area contributed by atoms with Crippen LogP contribution < -0.4 is 4.74 Å². The van der Waals surface area contributed by atoms with Crippen LogP contribution in [0.3, 0.4) is 0 Å². The standard InChI is InChI=1S/C20H24N2OS/c1-2-17-12-13-22(15-17)24-20-10-8-19(9-11-20)23-16-21-14-18-6-4-3-5-7-18/h3-11,14,17H,2,12-13,15-16H2,1H3. The Morgan fingerprint density at radius 1 is 1.17 bits per heavy atom. The summed E-state index contributed by atoms with van der Waals surface area (Å²) >= 11 is 1.85. The molecule has 4 heteroatoms. The summed E-state index contributed by atoms with van der Waals surface area (Å²) in [4.78, 5) is 5.57. The van der Waals surface area contributed by atoms with Crippen LogP contribution in [0.25, 0.3) is 0 Å². The number of hydrogen-bond donors (Lipinski definition) is 0. The van der Waals surface area contributed by atoms with E-state index in [1.165, 1.54) is 30.8 Å². The van der Waals surface area contributed by atoms with Gasteiger partial charge in [0.2, 0.25) is 0 Å². The first-order chi connectivity index (χ1) is 11.8. The molecule has 1 aliphatic rings. The van der Waals surface area contributed by atoms with Crippen molar-refractivity contribution >= 4 is 18.2 Å². The second-order valence-corrected chi connectivity index (χ2v) is 7.18. The zero-order valence-electron chi connectivity index (χ0n) is 14.1. The van der Waals surface area contributed by atoms with Gasteiger partial charge < -0.3 is 4.74 Å². The van der Waals surface area contributed by atoms with Crippen LogP contribution in [0.1, 0.15) is 25.3 Å². The van der Waals surface area contributed by atoms with Gasteiger partial charge >= 0.3 is 0 Å². The Hall–Kier alpha value is -1.78. The third-order valence-electron chi connectivity index (χ3n) is 4.23. The van der Waals surface area contributed by atoms with Crippen molar-refractivity contribution in [1.29, 1.82) is 0 Å². The van der Waals surface area contributed by atoms with Crippen molar-refractivity contribution in [2.45, 2.75) is 24.7 Å². The highest BCUT2D eigenvalue weighted by molar-refractivity contribution is 7.97. The maximum Gasteiger partial charge on any atom is 0.179 e. The second kappa shape index (κ2) is 8.90. The number of aliphatic imine (C=N–C) groups is 1. The fraction of sp³-hybridized carbons (Fsp3) is 0.350. The van der Waals surface area contributed by atoms with E-state index in [9.17, 15) is 0 Å². The average molecular weight is 340 g/mol. The summed E-state index contributed by atoms with van der Waals surface area (Å²) in [5.41, 5.74) is 1.09. The van der Waals surface area contributed by atoms with Gasteiger partial charge in [0.05, 0.1) is 0 Å². The molecule has 2 aromatic carbocycles. The van der Waals surface area contributed by atoms with E-state index < -0.39 is 0 Å². The topological polar surface area (TPSA) is 24.8 Å². The summed E-state index contributed by atoms with van der Waals surface area (Å²) in [6, 6.07) is 18.3. The molecule has 0 bridgehead atoms. The highest BCUT2D eigenvalue weighted by Crippen LogP contribution is 2.31. The van der Waals surface area contributed by atoms with Gasteiger partial charge in [-0.05, 0) is 54.1 Å². The molecule has 0 aliphatic carbocycles. The van der Waals surface area contributed by atoms with Gasteiger partial charge in [-0.2, -0.15) is 0 Å². The van der Waals surface area contributed by atoms with Crippen LogP contribution in [0.4, 0.5) is 0 Å². The van der Waals surface area contributed by atoms with Gasteiger partial charge in [-0.25, -0.2) is 4.31 Å². The van der Waals surface area contributed by atoms with Crippen molar-refractivity contribution in [3.63, 3.8) is 0 Å². The number of rotatable bonds is 7. The largest absolute Gasteiger partial charge is 0.471 e. The Morgan fingerprint density at radius 3 is 2.67 bits per heavy atom. The molecule has 0 radical (unpaired) electrons. The van der Waals surface area contributed by atoms with Gasteiger partial charge in [-0.1, -0.05) is 43.7 Å². The van der Waals surface area contributed by atoms with Crippen LogP contribution in [0, 0.1) is 5.92 Å². The van der Waals surface area contributed by atoms with E-state index in [-0.39, 0.29) is 0 Å².